The summed E-state index contributed by atoms with van der Waals surface area (Å²) >= 11 is 0. The third kappa shape index (κ3) is 2.16. The molecule has 0 aliphatic carbocycles. The van der Waals surface area contributed by atoms with Gasteiger partial charge >= 0.3 is 6.09 Å². The largest absolute Gasteiger partial charge is 0.446 e. The Kier molecular flexibility index (Phi) is 2.88. The average molecular weight is 200 g/mol. The van der Waals surface area contributed by atoms with Gasteiger partial charge in [-0.3, -0.25) is 4.90 Å². The standard InChI is InChI=1S/C9H16N2O3/c10-9(12)14-8-1-3-11(4-2-8)7-5-13-6-7/h7-8H,1-6H2,(H2,10,12). The van der Waals surface area contributed by atoms with Crippen molar-refractivity contribution < 1.29 is 14.3 Å². The fourth-order valence-corrected chi connectivity index (χ4v) is 1.96. The van der Waals surface area contributed by atoms with Gasteiger partial charge in [-0.25, -0.2) is 4.79 Å². The summed E-state index contributed by atoms with van der Waals surface area (Å²) in [6.07, 6.45) is 1.14. The van der Waals surface area contributed by atoms with Crippen LogP contribution in [0.15, 0.2) is 0 Å². The van der Waals surface area contributed by atoms with Gasteiger partial charge in [-0.15, -0.1) is 0 Å². The summed E-state index contributed by atoms with van der Waals surface area (Å²) < 4.78 is 10.1. The maximum atomic E-state index is 10.5. The predicted molar refractivity (Wildman–Crippen MR) is 49.9 cm³/mol. The van der Waals surface area contributed by atoms with E-state index < -0.39 is 6.09 Å². The van der Waals surface area contributed by atoms with Crippen LogP contribution in [0.25, 0.3) is 0 Å². The number of amides is 1. The molecule has 2 rings (SSSR count). The van der Waals surface area contributed by atoms with Crippen molar-refractivity contribution in [3.63, 3.8) is 0 Å². The molecule has 0 bridgehead atoms. The fraction of sp³-hybridized carbons (Fsp3) is 0.889. The highest BCUT2D eigenvalue weighted by Crippen LogP contribution is 2.19. The molecular weight excluding hydrogens is 184 g/mol. The molecule has 1 amide bonds. The van der Waals surface area contributed by atoms with E-state index in [1.54, 1.807) is 0 Å². The Balaban J connectivity index is 1.71. The number of likely N-dealkylation sites (tertiary alicyclic amines) is 1. The van der Waals surface area contributed by atoms with Crippen LogP contribution in [0.5, 0.6) is 0 Å². The van der Waals surface area contributed by atoms with Gasteiger partial charge in [0, 0.05) is 13.1 Å². The van der Waals surface area contributed by atoms with Crippen LogP contribution >= 0.6 is 0 Å². The SMILES string of the molecule is NC(=O)OC1CCN(C2COC2)CC1. The highest BCUT2D eigenvalue weighted by molar-refractivity contribution is 5.64. The number of primary amides is 1. The molecule has 80 valence electrons. The smallest absolute Gasteiger partial charge is 0.404 e. The molecule has 2 N–H and O–H groups in total. The summed E-state index contributed by atoms with van der Waals surface area (Å²) in [5, 5.41) is 0. The van der Waals surface area contributed by atoms with Crippen LogP contribution in [-0.2, 0) is 9.47 Å². The second-order valence-electron chi connectivity index (χ2n) is 3.86. The molecule has 2 heterocycles. The van der Waals surface area contributed by atoms with Gasteiger partial charge < -0.3 is 15.2 Å². The second-order valence-corrected chi connectivity index (χ2v) is 3.86. The minimum Gasteiger partial charge on any atom is -0.446 e. The first-order valence-electron chi connectivity index (χ1n) is 5.03. The number of nitrogens with two attached hydrogens (primary N) is 1. The van der Waals surface area contributed by atoms with Gasteiger partial charge in [-0.2, -0.15) is 0 Å². The molecule has 0 saturated carbocycles. The van der Waals surface area contributed by atoms with E-state index in [4.69, 9.17) is 15.2 Å². The Bertz CT molecular complexity index is 210. The minimum atomic E-state index is -0.657. The summed E-state index contributed by atoms with van der Waals surface area (Å²) in [7, 11) is 0. The highest BCUT2D eigenvalue weighted by atomic mass is 16.6. The third-order valence-electron chi connectivity index (χ3n) is 2.90. The Morgan fingerprint density at radius 3 is 2.43 bits per heavy atom. The van der Waals surface area contributed by atoms with E-state index in [2.05, 4.69) is 4.90 Å². The number of carbonyl (C=O) groups is 1. The van der Waals surface area contributed by atoms with Crippen LogP contribution in [0.3, 0.4) is 0 Å². The minimum absolute atomic E-state index is 0.0183. The van der Waals surface area contributed by atoms with Gasteiger partial charge in [0.1, 0.15) is 6.10 Å². The van der Waals surface area contributed by atoms with Crippen molar-refractivity contribution in [2.75, 3.05) is 26.3 Å². The maximum absolute atomic E-state index is 10.5. The van der Waals surface area contributed by atoms with Crippen LogP contribution in [-0.4, -0.2) is 49.4 Å². The van der Waals surface area contributed by atoms with Crippen molar-refractivity contribution >= 4 is 6.09 Å². The van der Waals surface area contributed by atoms with Gasteiger partial charge in [0.15, 0.2) is 0 Å². The fourth-order valence-electron chi connectivity index (χ4n) is 1.96. The second kappa shape index (κ2) is 4.14. The van der Waals surface area contributed by atoms with Crippen molar-refractivity contribution in [2.24, 2.45) is 5.73 Å². The summed E-state index contributed by atoms with van der Waals surface area (Å²) in [4.78, 5) is 12.9. The van der Waals surface area contributed by atoms with E-state index >= 15 is 0 Å². The summed E-state index contributed by atoms with van der Waals surface area (Å²) in [6.45, 7) is 3.65. The number of rotatable bonds is 2. The van der Waals surface area contributed by atoms with E-state index in [1.807, 2.05) is 0 Å². The van der Waals surface area contributed by atoms with E-state index in [-0.39, 0.29) is 6.10 Å². The summed E-state index contributed by atoms with van der Waals surface area (Å²) in [6, 6.07) is 0.588. The Hall–Kier alpha value is -0.810. The molecule has 0 unspecified atom stereocenters. The van der Waals surface area contributed by atoms with Crippen LogP contribution in [0, 0.1) is 0 Å². The number of nitrogens with zero attached hydrogens (tertiary/aromatic N) is 1. The number of carbonyl (C=O) groups excluding carboxylic acids is 1. The number of hydrogen-bond acceptors (Lipinski definition) is 4. The van der Waals surface area contributed by atoms with Crippen molar-refractivity contribution in [3.8, 4) is 0 Å². The van der Waals surface area contributed by atoms with Crippen LogP contribution in [0.2, 0.25) is 0 Å². The molecule has 0 radical (unpaired) electrons. The highest BCUT2D eigenvalue weighted by Gasteiger charge is 2.30. The zero-order valence-corrected chi connectivity index (χ0v) is 8.15. The number of piperidine rings is 1. The van der Waals surface area contributed by atoms with E-state index in [0.717, 1.165) is 39.1 Å². The average Bonchev–Trinajstić information content (AvgIpc) is 2.04. The third-order valence-corrected chi connectivity index (χ3v) is 2.90. The van der Waals surface area contributed by atoms with Gasteiger partial charge in [0.25, 0.3) is 0 Å². The van der Waals surface area contributed by atoms with Gasteiger partial charge in [0.2, 0.25) is 0 Å². The molecule has 14 heavy (non-hydrogen) atoms. The lowest BCUT2D eigenvalue weighted by molar-refractivity contribution is -0.0800. The molecule has 2 aliphatic heterocycles. The van der Waals surface area contributed by atoms with Crippen LogP contribution in [0.4, 0.5) is 4.79 Å². The molecule has 0 atom stereocenters. The van der Waals surface area contributed by atoms with Gasteiger partial charge in [-0.05, 0) is 12.8 Å². The zero-order chi connectivity index (χ0) is 9.97. The van der Waals surface area contributed by atoms with Gasteiger partial charge in [0.05, 0.1) is 19.3 Å². The zero-order valence-electron chi connectivity index (χ0n) is 8.15. The first-order chi connectivity index (χ1) is 6.75. The first kappa shape index (κ1) is 9.73. The Morgan fingerprint density at radius 1 is 1.36 bits per heavy atom. The van der Waals surface area contributed by atoms with E-state index in [9.17, 15) is 4.79 Å². The summed E-state index contributed by atoms with van der Waals surface area (Å²) in [5.74, 6) is 0. The number of hydrogen-bond donors (Lipinski definition) is 1. The van der Waals surface area contributed by atoms with Crippen LogP contribution < -0.4 is 5.73 Å². The molecule has 2 saturated heterocycles. The Morgan fingerprint density at radius 2 is 2.00 bits per heavy atom. The molecular formula is C9H16N2O3. The topological polar surface area (TPSA) is 64.8 Å². The number of ether oxygens (including phenoxy) is 2. The Labute approximate surface area is 83.1 Å². The molecule has 5 nitrogen and oxygen atoms in total. The van der Waals surface area contributed by atoms with Crippen molar-refractivity contribution in [1.82, 2.24) is 4.90 Å². The van der Waals surface area contributed by atoms with Crippen molar-refractivity contribution in [1.29, 1.82) is 0 Å². The normalized spacial score (nSPS) is 25.7. The van der Waals surface area contributed by atoms with Crippen molar-refractivity contribution in [2.45, 2.75) is 25.0 Å². The van der Waals surface area contributed by atoms with E-state index in [0.29, 0.717) is 6.04 Å². The molecule has 0 spiro atoms. The van der Waals surface area contributed by atoms with E-state index in [1.165, 1.54) is 0 Å². The lowest BCUT2D eigenvalue weighted by Gasteiger charge is -2.40. The quantitative estimate of drug-likeness (QED) is 0.678. The first-order valence-corrected chi connectivity index (χ1v) is 5.03. The molecule has 0 aromatic rings. The predicted octanol–water partition coefficient (Wildman–Crippen LogP) is -0.0551. The van der Waals surface area contributed by atoms with Crippen LogP contribution in [0.1, 0.15) is 12.8 Å². The lowest BCUT2D eigenvalue weighted by atomic mass is 10.0. The monoisotopic (exact) mass is 200 g/mol. The summed E-state index contributed by atoms with van der Waals surface area (Å²) in [5.41, 5.74) is 4.96. The molecule has 0 aromatic heterocycles. The molecule has 2 fully saturated rings. The van der Waals surface area contributed by atoms with Gasteiger partial charge in [-0.1, -0.05) is 0 Å². The molecule has 2 aliphatic rings. The van der Waals surface area contributed by atoms with Crippen molar-refractivity contribution in [3.05, 3.63) is 0 Å². The lowest BCUT2D eigenvalue weighted by Crippen LogP contribution is -2.52. The maximum Gasteiger partial charge on any atom is 0.404 e. The molecule has 5 heteroatoms. The molecule has 0 aromatic carbocycles.